The van der Waals surface area contributed by atoms with E-state index in [9.17, 15) is 35.4 Å². The topological polar surface area (TPSA) is 314 Å². The van der Waals surface area contributed by atoms with E-state index in [4.69, 9.17) is 90.0 Å². The van der Waals surface area contributed by atoms with Crippen LogP contribution in [-0.4, -0.2) is 255 Å². The van der Waals surface area contributed by atoms with Crippen LogP contribution in [0, 0.1) is 34.5 Å². The van der Waals surface area contributed by atoms with Crippen LogP contribution in [0.4, 0.5) is 0 Å². The van der Waals surface area contributed by atoms with E-state index < -0.39 is 166 Å². The normalized spacial score (nSPS) is 55.2. The number of carbonyl (C=O) groups excluding carboxylic acids is 1. The van der Waals surface area contributed by atoms with E-state index in [1.165, 1.54) is 14.0 Å². The van der Waals surface area contributed by atoms with E-state index in [-0.39, 0.29) is 78.0 Å². The lowest BCUT2D eigenvalue weighted by atomic mass is 9.45. The van der Waals surface area contributed by atoms with Crippen LogP contribution in [0.2, 0.25) is 0 Å². The summed E-state index contributed by atoms with van der Waals surface area (Å²) in [5.41, 5.74) is -0.355. The van der Waals surface area contributed by atoms with Gasteiger partial charge in [0.2, 0.25) is 0 Å². The van der Waals surface area contributed by atoms with Gasteiger partial charge < -0.3 is 121 Å². The molecule has 12 rings (SSSR count). The van der Waals surface area contributed by atoms with Crippen molar-refractivity contribution in [2.24, 2.45) is 34.5 Å². The summed E-state index contributed by atoms with van der Waals surface area (Å²) in [5.74, 6) is -0.675. The van der Waals surface area contributed by atoms with Crippen LogP contribution in [0.25, 0.3) is 0 Å². The Labute approximate surface area is 515 Å². The molecule has 9 aliphatic heterocycles. The Bertz CT molecular complexity index is 2340. The number of hydrogen-bond acceptors (Lipinski definition) is 26. The van der Waals surface area contributed by atoms with E-state index in [0.29, 0.717) is 26.1 Å². The number of carbonyl (C=O) groups is 1. The van der Waals surface area contributed by atoms with Crippen molar-refractivity contribution in [1.82, 2.24) is 0 Å². The quantitative estimate of drug-likeness (QED) is 0.0846. The lowest BCUT2D eigenvalue weighted by Gasteiger charge is -2.62. The number of ether oxygens (including phenoxy) is 19. The van der Waals surface area contributed by atoms with E-state index >= 15 is 0 Å². The van der Waals surface area contributed by atoms with Crippen molar-refractivity contribution in [3.05, 3.63) is 0 Å². The predicted molar refractivity (Wildman–Crippen MR) is 299 cm³/mol. The second-order valence-electron chi connectivity index (χ2n) is 27.9. The van der Waals surface area contributed by atoms with E-state index in [2.05, 4.69) is 13.8 Å². The molecule has 26 heteroatoms. The first kappa shape index (κ1) is 66.5. The van der Waals surface area contributed by atoms with Crippen LogP contribution >= 0.6 is 0 Å². The maximum absolute atomic E-state index is 12.5. The van der Waals surface area contributed by atoms with E-state index in [1.807, 2.05) is 13.8 Å². The number of aliphatic hydroxyl groups excluding tert-OH is 6. The van der Waals surface area contributed by atoms with Gasteiger partial charge in [-0.15, -0.1) is 0 Å². The number of methoxy groups -OCH3 is 3. The second kappa shape index (κ2) is 26.3. The minimum absolute atomic E-state index is 0.0135. The monoisotopic (exact) mass is 1260 g/mol. The minimum Gasteiger partial charge on any atom is -0.465 e. The molecule has 0 radical (unpaired) electrons. The third kappa shape index (κ3) is 12.0. The summed E-state index contributed by atoms with van der Waals surface area (Å²) in [7, 11) is 4.77. The van der Waals surface area contributed by atoms with Gasteiger partial charge in [-0.2, -0.15) is 0 Å². The van der Waals surface area contributed by atoms with Crippen molar-refractivity contribution in [3.63, 3.8) is 0 Å². The van der Waals surface area contributed by atoms with E-state index in [1.54, 1.807) is 35.0 Å². The largest absolute Gasteiger partial charge is 0.465 e. The van der Waals surface area contributed by atoms with Crippen LogP contribution in [0.15, 0.2) is 0 Å². The fraction of sp³-hybridized carbons (Fsp3) is 0.984. The molecule has 3 aliphatic carbocycles. The molecule has 9 saturated heterocycles. The van der Waals surface area contributed by atoms with Crippen molar-refractivity contribution in [1.29, 1.82) is 0 Å². The second-order valence-corrected chi connectivity index (χ2v) is 27.9. The molecule has 0 spiro atoms. The van der Waals surface area contributed by atoms with Crippen LogP contribution in [-0.2, 0) is 94.8 Å². The van der Waals surface area contributed by atoms with Crippen LogP contribution in [0.3, 0.4) is 0 Å². The summed E-state index contributed by atoms with van der Waals surface area (Å²) in [6.07, 6.45) is -13.8. The van der Waals surface area contributed by atoms with Gasteiger partial charge in [0.05, 0.1) is 99.0 Å². The fourth-order valence-electron chi connectivity index (χ4n) is 18.5. The lowest BCUT2D eigenvalue weighted by molar-refractivity contribution is -0.367. The molecule has 0 aromatic rings. The highest BCUT2D eigenvalue weighted by atomic mass is 16.8. The molecule has 26 nitrogen and oxygen atoms in total. The number of rotatable bonds is 18. The zero-order valence-electron chi connectivity index (χ0n) is 52.9. The molecule has 6 N–H and O–H groups in total. The van der Waals surface area contributed by atoms with Gasteiger partial charge in [0, 0.05) is 77.1 Å². The standard InChI is InChI=1S/C62H100O26/c1-27-52(82-44-19-37(65)53(28(2)75-44)83-47-23-41(72-11)56(31(5)79-47)86-58-51(69)50(68)49(67)42(24-63)81-58)38(66)20-45(76-27)84-54-30(4)78-48(22-40(54)71-10)85-55-29(3)77-46(21-39(55)70-9)80-34-14-17-61(26-73-32(6)64)33(18-34)12-13-36-35(61)15-16-59(7)57-43-25-74-60(57,8)88-62(36,59)87-43/h27-31,33-58,63,65-69H,12-26H2,1-11H3. The molecule has 12 fully saturated rings. The molecule has 0 aromatic heterocycles. The van der Waals surface area contributed by atoms with Crippen molar-refractivity contribution in [2.45, 2.75) is 310 Å². The zero-order valence-corrected chi connectivity index (χ0v) is 52.9. The van der Waals surface area contributed by atoms with Crippen molar-refractivity contribution in [2.75, 3.05) is 41.2 Å². The first-order chi connectivity index (χ1) is 41.9. The Balaban J connectivity index is 0.593. The van der Waals surface area contributed by atoms with Crippen molar-refractivity contribution in [3.8, 4) is 0 Å². The summed E-state index contributed by atoms with van der Waals surface area (Å²) in [4.78, 5) is 12.5. The summed E-state index contributed by atoms with van der Waals surface area (Å²) in [5, 5.41) is 63.8. The van der Waals surface area contributed by atoms with Gasteiger partial charge in [0.15, 0.2) is 49.3 Å². The lowest BCUT2D eigenvalue weighted by Crippen LogP contribution is -2.63. The van der Waals surface area contributed by atoms with Gasteiger partial charge in [-0.25, -0.2) is 0 Å². The molecule has 9 heterocycles. The molecule has 12 aliphatic rings. The average molecular weight is 1260 g/mol. The average Bonchev–Trinajstić information content (AvgIpc) is 1.47. The molecule has 0 amide bonds. The highest BCUT2D eigenvalue weighted by Crippen LogP contribution is 2.76. The minimum atomic E-state index is -1.62. The maximum Gasteiger partial charge on any atom is 0.302 e. The molecule has 3 saturated carbocycles. The Morgan fingerprint density at radius 3 is 1.55 bits per heavy atom. The van der Waals surface area contributed by atoms with Crippen LogP contribution in [0.1, 0.15) is 132 Å². The predicted octanol–water partition coefficient (Wildman–Crippen LogP) is 2.20. The molecule has 88 heavy (non-hydrogen) atoms. The molecule has 2 bridgehead atoms. The summed E-state index contributed by atoms with van der Waals surface area (Å²) < 4.78 is 120. The van der Waals surface area contributed by atoms with Gasteiger partial charge in [-0.1, -0.05) is 6.92 Å². The highest BCUT2D eigenvalue weighted by Gasteiger charge is 2.83. The molecule has 0 aromatic carbocycles. The van der Waals surface area contributed by atoms with Crippen molar-refractivity contribution < 1.29 is 125 Å². The summed E-state index contributed by atoms with van der Waals surface area (Å²) >= 11 is 0. The summed E-state index contributed by atoms with van der Waals surface area (Å²) in [6.45, 7) is 15.4. The van der Waals surface area contributed by atoms with Gasteiger partial charge in [0.1, 0.15) is 54.9 Å². The first-order valence-electron chi connectivity index (χ1n) is 32.6. The summed E-state index contributed by atoms with van der Waals surface area (Å²) in [6, 6.07) is 0. The van der Waals surface area contributed by atoms with E-state index in [0.717, 1.165) is 44.9 Å². The molecule has 35 atom stereocenters. The van der Waals surface area contributed by atoms with Gasteiger partial charge in [-0.05, 0) is 98.3 Å². The maximum atomic E-state index is 12.5. The number of fused-ring (bicyclic) bond motifs is 3. The molecular formula is C62H100O26. The fourth-order valence-corrected chi connectivity index (χ4v) is 18.5. The Morgan fingerprint density at radius 2 is 1.05 bits per heavy atom. The smallest absolute Gasteiger partial charge is 0.302 e. The van der Waals surface area contributed by atoms with Gasteiger partial charge in [0.25, 0.3) is 0 Å². The Kier molecular flexibility index (Phi) is 19.8. The third-order valence-electron chi connectivity index (χ3n) is 22.8. The SMILES string of the molecule is COC1CC(OC2C(C)OC(OC3CCC4(COC(C)=O)C(CCC5C4CCC4(C)C6C7COC6(C)OC54O7)C3)CC2OC)OC(C)C1OC1CC(O)C(OC2CC(O)C(OC3CC(OC)C(OC4OC(CO)C(O)C(O)C4O)C(C)O3)C(C)O2)C(C)O1. The number of esters is 1. The van der Waals surface area contributed by atoms with Gasteiger partial charge >= 0.3 is 5.97 Å². The number of hydrogen-bond donors (Lipinski definition) is 6. The Morgan fingerprint density at radius 1 is 0.545 bits per heavy atom. The van der Waals surface area contributed by atoms with Crippen molar-refractivity contribution >= 4 is 5.97 Å². The Hall–Kier alpha value is -1.49. The molecular weight excluding hydrogens is 1160 g/mol. The molecule has 504 valence electrons. The molecule has 35 unspecified atom stereocenters. The first-order valence-corrected chi connectivity index (χ1v) is 32.6. The highest BCUT2D eigenvalue weighted by molar-refractivity contribution is 5.66. The zero-order chi connectivity index (χ0) is 62.5. The van der Waals surface area contributed by atoms with Gasteiger partial charge in [-0.3, -0.25) is 4.79 Å². The number of aliphatic hydroxyl groups is 6. The third-order valence-corrected chi connectivity index (χ3v) is 22.8. The van der Waals surface area contributed by atoms with Crippen LogP contribution < -0.4 is 0 Å². The van der Waals surface area contributed by atoms with Crippen LogP contribution in [0.5, 0.6) is 0 Å².